The van der Waals surface area contributed by atoms with Gasteiger partial charge in [0.1, 0.15) is 0 Å². The van der Waals surface area contributed by atoms with Crippen LogP contribution in [0.15, 0.2) is 12.1 Å². The van der Waals surface area contributed by atoms with Crippen molar-refractivity contribution >= 4 is 40.2 Å². The van der Waals surface area contributed by atoms with Gasteiger partial charge in [-0.1, -0.05) is 36.5 Å². The van der Waals surface area contributed by atoms with Crippen molar-refractivity contribution in [2.24, 2.45) is 5.92 Å². The van der Waals surface area contributed by atoms with Crippen LogP contribution in [-0.4, -0.2) is 9.55 Å². The van der Waals surface area contributed by atoms with Crippen molar-refractivity contribution in [2.75, 3.05) is 5.73 Å². The molecule has 0 spiro atoms. The number of imidazole rings is 1. The fraction of sp³-hybridized carbons (Fsp3) is 0.533. The van der Waals surface area contributed by atoms with Crippen molar-refractivity contribution in [1.29, 1.82) is 0 Å². The molecule has 2 aromatic rings. The monoisotopic (exact) mass is 311 g/mol. The molecule has 1 aliphatic carbocycles. The summed E-state index contributed by atoms with van der Waals surface area (Å²) in [4.78, 5) is 4.43. The number of hydrogen-bond donors (Lipinski definition) is 1. The maximum absolute atomic E-state index is 6.14. The third-order valence-electron chi connectivity index (χ3n) is 4.52. The van der Waals surface area contributed by atoms with E-state index in [1.807, 2.05) is 6.07 Å². The van der Waals surface area contributed by atoms with Crippen LogP contribution in [0.25, 0.3) is 11.0 Å². The maximum Gasteiger partial charge on any atom is 0.201 e. The minimum absolute atomic E-state index is 0.431. The molecule has 1 aromatic heterocycles. The molecule has 1 aromatic carbocycles. The Balaban J connectivity index is 1.99. The molecule has 0 amide bonds. The Labute approximate surface area is 129 Å². The van der Waals surface area contributed by atoms with Crippen LogP contribution in [0.3, 0.4) is 0 Å². The predicted octanol–water partition coefficient (Wildman–Crippen LogP) is 5.07. The first kappa shape index (κ1) is 14.0. The summed E-state index contributed by atoms with van der Waals surface area (Å²) in [6, 6.07) is 4.11. The smallest absolute Gasteiger partial charge is 0.201 e. The third kappa shape index (κ3) is 2.38. The van der Waals surface area contributed by atoms with Gasteiger partial charge >= 0.3 is 0 Å². The Morgan fingerprint density at radius 3 is 2.50 bits per heavy atom. The molecular weight excluding hydrogens is 293 g/mol. The lowest BCUT2D eigenvalue weighted by atomic mass is 9.84. The van der Waals surface area contributed by atoms with Gasteiger partial charge in [-0.3, -0.25) is 0 Å². The fourth-order valence-electron chi connectivity index (χ4n) is 3.30. The van der Waals surface area contributed by atoms with Crippen LogP contribution in [0.1, 0.15) is 45.1 Å². The quantitative estimate of drug-likeness (QED) is 0.841. The van der Waals surface area contributed by atoms with Gasteiger partial charge in [-0.25, -0.2) is 4.98 Å². The number of aromatic nitrogens is 2. The highest BCUT2D eigenvalue weighted by molar-refractivity contribution is 6.42. The number of nitrogens with zero attached hydrogens (tertiary/aromatic N) is 2. The Kier molecular flexibility index (Phi) is 3.83. The summed E-state index contributed by atoms with van der Waals surface area (Å²) in [5.74, 6) is 1.43. The van der Waals surface area contributed by atoms with Crippen LogP contribution in [0, 0.1) is 5.92 Å². The summed E-state index contributed by atoms with van der Waals surface area (Å²) in [5.41, 5.74) is 7.94. The van der Waals surface area contributed by atoms with Crippen LogP contribution in [0.5, 0.6) is 0 Å². The Morgan fingerprint density at radius 1 is 1.20 bits per heavy atom. The molecule has 0 saturated heterocycles. The molecular formula is C15H19Cl2N3. The SMILES string of the molecule is CCC1CCC(n2c(N)nc3cc(Cl)c(Cl)cc32)CC1. The number of benzene rings is 1. The molecule has 0 atom stereocenters. The molecule has 1 fully saturated rings. The molecule has 0 aliphatic heterocycles. The summed E-state index contributed by atoms with van der Waals surface area (Å²) in [5, 5.41) is 1.08. The van der Waals surface area contributed by atoms with Gasteiger partial charge in [0.15, 0.2) is 0 Å². The lowest BCUT2D eigenvalue weighted by Gasteiger charge is -2.29. The van der Waals surface area contributed by atoms with E-state index in [9.17, 15) is 0 Å². The highest BCUT2D eigenvalue weighted by Gasteiger charge is 2.24. The van der Waals surface area contributed by atoms with Crippen LogP contribution in [-0.2, 0) is 0 Å². The first-order valence-electron chi connectivity index (χ1n) is 7.22. The minimum Gasteiger partial charge on any atom is -0.369 e. The first-order chi connectivity index (χ1) is 9.60. The van der Waals surface area contributed by atoms with E-state index < -0.39 is 0 Å². The van der Waals surface area contributed by atoms with Crippen LogP contribution < -0.4 is 5.73 Å². The first-order valence-corrected chi connectivity index (χ1v) is 7.98. The summed E-state index contributed by atoms with van der Waals surface area (Å²) in [6.07, 6.45) is 6.13. The van der Waals surface area contributed by atoms with E-state index in [4.69, 9.17) is 28.9 Å². The second kappa shape index (κ2) is 5.45. The van der Waals surface area contributed by atoms with Crippen molar-refractivity contribution in [3.63, 3.8) is 0 Å². The van der Waals surface area contributed by atoms with Crippen LogP contribution in [0.4, 0.5) is 5.95 Å². The largest absolute Gasteiger partial charge is 0.369 e. The zero-order valence-electron chi connectivity index (χ0n) is 11.6. The van der Waals surface area contributed by atoms with E-state index in [1.54, 1.807) is 6.07 Å². The molecule has 1 heterocycles. The van der Waals surface area contributed by atoms with Gasteiger partial charge in [-0.2, -0.15) is 0 Å². The molecule has 0 radical (unpaired) electrons. The summed E-state index contributed by atoms with van der Waals surface area (Å²) in [6.45, 7) is 2.27. The Hall–Kier alpha value is -0.930. The van der Waals surface area contributed by atoms with E-state index in [1.165, 1.54) is 19.3 Å². The third-order valence-corrected chi connectivity index (χ3v) is 5.24. The van der Waals surface area contributed by atoms with Crippen LogP contribution >= 0.6 is 23.2 Å². The van der Waals surface area contributed by atoms with Crippen molar-refractivity contribution in [3.8, 4) is 0 Å². The summed E-state index contributed by atoms with van der Waals surface area (Å²) in [7, 11) is 0. The molecule has 20 heavy (non-hydrogen) atoms. The average Bonchev–Trinajstić information content (AvgIpc) is 2.75. The van der Waals surface area contributed by atoms with Gasteiger partial charge in [-0.15, -0.1) is 0 Å². The van der Waals surface area contributed by atoms with Crippen molar-refractivity contribution in [3.05, 3.63) is 22.2 Å². The topological polar surface area (TPSA) is 43.8 Å². The number of halogens is 2. The highest BCUT2D eigenvalue weighted by Crippen LogP contribution is 2.38. The van der Waals surface area contributed by atoms with Gasteiger partial charge in [0.25, 0.3) is 0 Å². The number of rotatable bonds is 2. The van der Waals surface area contributed by atoms with Crippen molar-refractivity contribution in [2.45, 2.75) is 45.1 Å². The van der Waals surface area contributed by atoms with Gasteiger partial charge in [-0.05, 0) is 43.7 Å². The lowest BCUT2D eigenvalue weighted by Crippen LogP contribution is -2.19. The van der Waals surface area contributed by atoms with E-state index in [0.29, 0.717) is 22.0 Å². The Morgan fingerprint density at radius 2 is 1.85 bits per heavy atom. The average molecular weight is 312 g/mol. The van der Waals surface area contributed by atoms with Crippen LogP contribution in [0.2, 0.25) is 10.0 Å². The molecule has 0 unspecified atom stereocenters. The van der Waals surface area contributed by atoms with Gasteiger partial charge in [0.2, 0.25) is 5.95 Å². The predicted molar refractivity (Wildman–Crippen MR) is 85.5 cm³/mol. The van der Waals surface area contributed by atoms with E-state index in [2.05, 4.69) is 16.5 Å². The van der Waals surface area contributed by atoms with Crippen molar-refractivity contribution < 1.29 is 0 Å². The standard InChI is InChI=1S/C15H19Cl2N3/c1-2-9-3-5-10(6-4-9)20-14-8-12(17)11(16)7-13(14)19-15(20)18/h7-10H,2-6H2,1H3,(H2,18,19). The van der Waals surface area contributed by atoms with E-state index in [-0.39, 0.29) is 0 Å². The summed E-state index contributed by atoms with van der Waals surface area (Å²) < 4.78 is 2.14. The number of hydrogen-bond acceptors (Lipinski definition) is 2. The molecule has 108 valence electrons. The molecule has 1 saturated carbocycles. The second-order valence-corrected chi connectivity index (χ2v) is 6.49. The van der Waals surface area contributed by atoms with Crippen molar-refractivity contribution in [1.82, 2.24) is 9.55 Å². The zero-order chi connectivity index (χ0) is 14.3. The maximum atomic E-state index is 6.14. The van der Waals surface area contributed by atoms with E-state index in [0.717, 1.165) is 29.8 Å². The molecule has 1 aliphatic rings. The van der Waals surface area contributed by atoms with Gasteiger partial charge < -0.3 is 10.3 Å². The minimum atomic E-state index is 0.431. The van der Waals surface area contributed by atoms with Gasteiger partial charge in [0.05, 0.1) is 21.1 Å². The molecule has 5 heteroatoms. The summed E-state index contributed by atoms with van der Waals surface area (Å²) >= 11 is 12.2. The molecule has 3 nitrogen and oxygen atoms in total. The zero-order valence-corrected chi connectivity index (χ0v) is 13.1. The number of anilines is 1. The fourth-order valence-corrected chi connectivity index (χ4v) is 3.62. The molecule has 2 N–H and O–H groups in total. The number of nitrogen functional groups attached to an aromatic ring is 1. The highest BCUT2D eigenvalue weighted by atomic mass is 35.5. The Bertz CT molecular complexity index is 628. The lowest BCUT2D eigenvalue weighted by molar-refractivity contribution is 0.275. The number of nitrogens with two attached hydrogens (primary N) is 1. The second-order valence-electron chi connectivity index (χ2n) is 5.68. The normalized spacial score (nSPS) is 23.4. The van der Waals surface area contributed by atoms with E-state index >= 15 is 0 Å². The van der Waals surface area contributed by atoms with Gasteiger partial charge in [0, 0.05) is 6.04 Å². The number of fused-ring (bicyclic) bond motifs is 1. The molecule has 0 bridgehead atoms. The molecule has 3 rings (SSSR count).